The number of pyridine rings is 1. The van der Waals surface area contributed by atoms with Gasteiger partial charge in [-0.2, -0.15) is 9.97 Å². The number of likely N-dealkylation sites (tertiary alicyclic amines) is 1. The number of halogens is 1. The second kappa shape index (κ2) is 12.2. The molecule has 0 amide bonds. The van der Waals surface area contributed by atoms with Gasteiger partial charge in [0.25, 0.3) is 0 Å². The molecule has 6 rings (SSSR count). The van der Waals surface area contributed by atoms with Gasteiger partial charge in [0, 0.05) is 31.7 Å². The number of benzene rings is 1. The Morgan fingerprint density at radius 1 is 0.955 bits per heavy atom. The number of nitrogens with one attached hydrogen (secondary N) is 2. The highest BCUT2D eigenvalue weighted by Gasteiger charge is 2.37. The van der Waals surface area contributed by atoms with Gasteiger partial charge in [0.05, 0.1) is 28.1 Å². The van der Waals surface area contributed by atoms with Crippen LogP contribution in [-0.2, 0) is 4.57 Å². The molecule has 0 bridgehead atoms. The zero-order valence-electron chi connectivity index (χ0n) is 25.9. The summed E-state index contributed by atoms with van der Waals surface area (Å²) < 4.78 is 19.8. The maximum atomic E-state index is 13.4. The fraction of sp³-hybridized carbons (Fsp3) is 0.452. The molecule has 0 unspecified atom stereocenters. The Morgan fingerprint density at radius 2 is 1.66 bits per heavy atom. The van der Waals surface area contributed by atoms with E-state index in [1.807, 2.05) is 18.2 Å². The Kier molecular flexibility index (Phi) is 8.52. The lowest BCUT2D eigenvalue weighted by atomic mass is 9.71. The second-order valence-electron chi connectivity index (χ2n) is 12.4. The van der Waals surface area contributed by atoms with Gasteiger partial charge in [-0.1, -0.05) is 0 Å². The molecule has 0 radical (unpaired) electrons. The van der Waals surface area contributed by atoms with Crippen LogP contribution < -0.4 is 25.6 Å². The zero-order chi connectivity index (χ0) is 31.1. The number of nitrogens with zero attached hydrogens (tertiary/aromatic N) is 7. The molecule has 13 heteroatoms. The zero-order valence-corrected chi connectivity index (χ0v) is 28.4. The summed E-state index contributed by atoms with van der Waals surface area (Å²) >= 11 is 3.56. The van der Waals surface area contributed by atoms with Gasteiger partial charge in [-0.05, 0) is 111 Å². The van der Waals surface area contributed by atoms with Crippen LogP contribution in [0, 0.1) is 12.3 Å². The Balaban J connectivity index is 1.23. The molecule has 0 atom stereocenters. The summed E-state index contributed by atoms with van der Waals surface area (Å²) in [7, 11) is 1.12. The molecule has 1 spiro atoms. The van der Waals surface area contributed by atoms with Crippen molar-refractivity contribution in [2.75, 3.05) is 69.2 Å². The molecule has 232 valence electrons. The van der Waals surface area contributed by atoms with Gasteiger partial charge in [0.1, 0.15) is 30.0 Å². The van der Waals surface area contributed by atoms with E-state index in [1.165, 1.54) is 38.8 Å². The first-order chi connectivity index (χ1) is 21.0. The van der Waals surface area contributed by atoms with Crippen molar-refractivity contribution >= 4 is 68.4 Å². The standard InChI is InChI=1S/C31H39BrN9O2P/c1-20-18-24(29(43-3)39-28(20)41-16-10-31(11-17-41)8-14-40(2)15-9-31)37-30-35-19-21(32)27(38-30)36-23-7-6-22-25(34-13-12-33-22)26(23)44(4,5)42/h6-7,12-13,18-19H,8-11,14-17H2,1-5H3,(H2,35,36,37,38). The van der Waals surface area contributed by atoms with Crippen molar-refractivity contribution in [2.45, 2.75) is 32.6 Å². The summed E-state index contributed by atoms with van der Waals surface area (Å²) in [6.07, 6.45) is 9.87. The fourth-order valence-corrected chi connectivity index (χ4v) is 8.05. The largest absolute Gasteiger partial charge is 0.479 e. The number of anilines is 5. The highest BCUT2D eigenvalue weighted by Crippen LogP contribution is 2.43. The molecule has 0 aliphatic carbocycles. The number of piperidine rings is 2. The Hall–Kier alpha value is -3.34. The van der Waals surface area contributed by atoms with Crippen molar-refractivity contribution in [1.29, 1.82) is 0 Å². The first-order valence-electron chi connectivity index (χ1n) is 14.9. The van der Waals surface area contributed by atoms with Crippen LogP contribution in [0.15, 0.2) is 41.3 Å². The first kappa shape index (κ1) is 30.7. The quantitative estimate of drug-likeness (QED) is 0.226. The minimum absolute atomic E-state index is 0.364. The summed E-state index contributed by atoms with van der Waals surface area (Å²) in [4.78, 5) is 27.9. The highest BCUT2D eigenvalue weighted by molar-refractivity contribution is 9.10. The average molecular weight is 681 g/mol. The Bertz CT molecular complexity index is 1730. The average Bonchev–Trinajstić information content (AvgIpc) is 3.00. The van der Waals surface area contributed by atoms with Crippen molar-refractivity contribution in [3.8, 4) is 5.88 Å². The van der Waals surface area contributed by atoms with Crippen LogP contribution in [0.25, 0.3) is 11.0 Å². The number of rotatable bonds is 7. The van der Waals surface area contributed by atoms with E-state index >= 15 is 0 Å². The van der Waals surface area contributed by atoms with Gasteiger partial charge < -0.3 is 29.7 Å². The van der Waals surface area contributed by atoms with Gasteiger partial charge in [-0.15, -0.1) is 0 Å². The molecular weight excluding hydrogens is 641 g/mol. The van der Waals surface area contributed by atoms with Crippen LogP contribution in [0.2, 0.25) is 0 Å². The lowest BCUT2D eigenvalue weighted by Gasteiger charge is -2.46. The maximum Gasteiger partial charge on any atom is 0.239 e. The minimum atomic E-state index is -2.74. The topological polar surface area (TPSA) is 121 Å². The van der Waals surface area contributed by atoms with E-state index in [1.54, 1.807) is 39.0 Å². The monoisotopic (exact) mass is 679 g/mol. The lowest BCUT2D eigenvalue weighted by molar-refractivity contribution is 0.0943. The van der Waals surface area contributed by atoms with Crippen molar-refractivity contribution in [3.05, 3.63) is 46.8 Å². The molecule has 5 heterocycles. The smallest absolute Gasteiger partial charge is 0.239 e. The first-order valence-corrected chi connectivity index (χ1v) is 18.3. The van der Waals surface area contributed by atoms with Crippen LogP contribution in [0.3, 0.4) is 0 Å². The lowest BCUT2D eigenvalue weighted by Crippen LogP contribution is -2.46. The maximum absolute atomic E-state index is 13.4. The number of hydrogen-bond donors (Lipinski definition) is 2. The molecule has 44 heavy (non-hydrogen) atoms. The minimum Gasteiger partial charge on any atom is -0.479 e. The number of fused-ring (bicyclic) bond motifs is 1. The summed E-state index contributed by atoms with van der Waals surface area (Å²) in [5, 5.41) is 7.28. The number of aryl methyl sites for hydroxylation is 1. The van der Waals surface area contributed by atoms with Gasteiger partial charge in [-0.3, -0.25) is 9.97 Å². The van der Waals surface area contributed by atoms with Crippen molar-refractivity contribution in [2.24, 2.45) is 5.41 Å². The fourth-order valence-electron chi connectivity index (χ4n) is 6.37. The molecule has 0 saturated carbocycles. The van der Waals surface area contributed by atoms with Crippen LogP contribution in [0.5, 0.6) is 5.88 Å². The molecule has 1 aromatic carbocycles. The molecule has 2 aliphatic rings. The van der Waals surface area contributed by atoms with Crippen LogP contribution >= 0.6 is 23.1 Å². The summed E-state index contributed by atoms with van der Waals surface area (Å²) in [6.45, 7) is 9.93. The number of hydrogen-bond acceptors (Lipinski definition) is 11. The summed E-state index contributed by atoms with van der Waals surface area (Å²) in [6, 6.07) is 5.76. The highest BCUT2D eigenvalue weighted by atomic mass is 79.9. The number of aromatic nitrogens is 5. The van der Waals surface area contributed by atoms with Gasteiger partial charge in [-0.25, -0.2) is 4.98 Å². The SMILES string of the molecule is COc1nc(N2CCC3(CCN(C)CC3)CC2)c(C)cc1Nc1ncc(Br)c(Nc2ccc3nccnc3c2P(C)(C)=O)n1. The molecule has 2 saturated heterocycles. The summed E-state index contributed by atoms with van der Waals surface area (Å²) in [5.41, 5.74) is 4.16. The van der Waals surface area contributed by atoms with E-state index < -0.39 is 7.14 Å². The van der Waals surface area contributed by atoms with Crippen molar-refractivity contribution < 1.29 is 9.30 Å². The van der Waals surface area contributed by atoms with Crippen LogP contribution in [0.1, 0.15) is 31.2 Å². The molecule has 2 aliphatic heterocycles. The van der Waals surface area contributed by atoms with E-state index in [2.05, 4.69) is 65.3 Å². The third-order valence-corrected chi connectivity index (χ3v) is 11.0. The third kappa shape index (κ3) is 6.25. The van der Waals surface area contributed by atoms with E-state index in [-0.39, 0.29) is 0 Å². The number of ether oxygens (including phenoxy) is 1. The molecule has 3 aromatic heterocycles. The Morgan fingerprint density at radius 3 is 2.36 bits per heavy atom. The van der Waals surface area contributed by atoms with E-state index in [4.69, 9.17) is 14.7 Å². The second-order valence-corrected chi connectivity index (χ2v) is 16.4. The molecule has 4 aromatic rings. The molecular formula is C31H39BrN9O2P. The van der Waals surface area contributed by atoms with E-state index in [0.29, 0.717) is 55.2 Å². The normalized spacial score (nSPS) is 17.2. The molecule has 11 nitrogen and oxygen atoms in total. The predicted molar refractivity (Wildman–Crippen MR) is 181 cm³/mol. The van der Waals surface area contributed by atoms with Crippen LogP contribution in [0.4, 0.5) is 29.0 Å². The predicted octanol–water partition coefficient (Wildman–Crippen LogP) is 5.94. The molecule has 2 N–H and O–H groups in total. The molecule has 2 fully saturated rings. The van der Waals surface area contributed by atoms with E-state index in [0.717, 1.165) is 24.5 Å². The Labute approximate surface area is 266 Å². The third-order valence-electron chi connectivity index (χ3n) is 8.91. The van der Waals surface area contributed by atoms with Gasteiger partial charge in [0.15, 0.2) is 0 Å². The van der Waals surface area contributed by atoms with Gasteiger partial charge >= 0.3 is 0 Å². The number of methoxy groups -OCH3 is 1. The summed E-state index contributed by atoms with van der Waals surface area (Å²) in [5.74, 6) is 2.32. The van der Waals surface area contributed by atoms with Crippen LogP contribution in [-0.4, -0.2) is 83.5 Å². The van der Waals surface area contributed by atoms with Crippen molar-refractivity contribution in [1.82, 2.24) is 29.8 Å². The van der Waals surface area contributed by atoms with Gasteiger partial charge in [0.2, 0.25) is 11.8 Å². The van der Waals surface area contributed by atoms with Crippen molar-refractivity contribution in [3.63, 3.8) is 0 Å². The van der Waals surface area contributed by atoms with E-state index in [9.17, 15) is 4.57 Å².